The summed E-state index contributed by atoms with van der Waals surface area (Å²) in [5.41, 5.74) is 0.803. The molecule has 0 saturated heterocycles. The first-order valence-electron chi connectivity index (χ1n) is 7.64. The lowest BCUT2D eigenvalue weighted by Crippen LogP contribution is -2.19. The van der Waals surface area contributed by atoms with Crippen LogP contribution in [0.4, 0.5) is 0 Å². The van der Waals surface area contributed by atoms with Crippen LogP contribution in [-0.2, 0) is 11.3 Å². The average Bonchev–Trinajstić information content (AvgIpc) is 3.30. The van der Waals surface area contributed by atoms with Gasteiger partial charge < -0.3 is 10.4 Å². The van der Waals surface area contributed by atoms with E-state index in [9.17, 15) is 9.90 Å². The summed E-state index contributed by atoms with van der Waals surface area (Å²) in [4.78, 5) is 14.7. The van der Waals surface area contributed by atoms with E-state index >= 15 is 0 Å². The first-order chi connectivity index (χ1) is 12.1. The molecule has 25 heavy (non-hydrogen) atoms. The Labute approximate surface area is 159 Å². The minimum Gasteiger partial charge on any atom is -0.382 e. The molecule has 128 valence electrons. The Morgan fingerprint density at radius 1 is 1.16 bits per heavy atom. The minimum atomic E-state index is -0.602. The van der Waals surface area contributed by atoms with Crippen LogP contribution in [0.5, 0.6) is 0 Å². The summed E-state index contributed by atoms with van der Waals surface area (Å²) in [5, 5.41) is 15.7. The van der Waals surface area contributed by atoms with Gasteiger partial charge in [-0.1, -0.05) is 35.9 Å². The molecule has 2 heterocycles. The number of nitrogens with one attached hydrogen (secondary N) is 1. The van der Waals surface area contributed by atoms with Gasteiger partial charge in [0.25, 0.3) is 0 Å². The molecule has 0 bridgehead atoms. The maximum atomic E-state index is 11.9. The molecule has 0 saturated carbocycles. The molecule has 3 nitrogen and oxygen atoms in total. The predicted molar refractivity (Wildman–Crippen MR) is 105 cm³/mol. The number of halogens is 1. The topological polar surface area (TPSA) is 49.3 Å². The van der Waals surface area contributed by atoms with E-state index < -0.39 is 6.10 Å². The van der Waals surface area contributed by atoms with Gasteiger partial charge in [0.2, 0.25) is 5.91 Å². The van der Waals surface area contributed by atoms with Crippen molar-refractivity contribution < 1.29 is 9.90 Å². The van der Waals surface area contributed by atoms with E-state index in [1.165, 1.54) is 28.7 Å². The highest BCUT2D eigenvalue weighted by Gasteiger charge is 2.14. The number of hydrogen-bond acceptors (Lipinski definition) is 4. The van der Waals surface area contributed by atoms with Crippen LogP contribution in [0.15, 0.2) is 60.0 Å². The van der Waals surface area contributed by atoms with E-state index in [0.29, 0.717) is 11.6 Å². The number of aliphatic hydroxyl groups excluding tert-OH is 1. The third kappa shape index (κ3) is 4.80. The molecule has 0 radical (unpaired) electrons. The van der Waals surface area contributed by atoms with Crippen molar-refractivity contribution in [3.8, 4) is 0 Å². The Hall–Kier alpha value is -1.92. The molecule has 2 aromatic heterocycles. The maximum absolute atomic E-state index is 11.9. The zero-order valence-electron chi connectivity index (χ0n) is 13.2. The summed E-state index contributed by atoms with van der Waals surface area (Å²) in [6, 6.07) is 15.0. The number of thiophene rings is 2. The van der Waals surface area contributed by atoms with E-state index in [0.717, 1.165) is 20.2 Å². The summed E-state index contributed by atoms with van der Waals surface area (Å²) in [6.45, 7) is 0.424. The van der Waals surface area contributed by atoms with Gasteiger partial charge in [-0.15, -0.1) is 22.7 Å². The summed E-state index contributed by atoms with van der Waals surface area (Å²) in [6.07, 6.45) is 2.56. The van der Waals surface area contributed by atoms with E-state index in [4.69, 9.17) is 11.6 Å². The first-order valence-corrected chi connectivity index (χ1v) is 9.71. The Kier molecular flexibility index (Phi) is 6.04. The highest BCUT2D eigenvalue weighted by Crippen LogP contribution is 2.30. The lowest BCUT2D eigenvalue weighted by atomic mass is 10.2. The molecule has 1 aromatic carbocycles. The van der Waals surface area contributed by atoms with Gasteiger partial charge in [0, 0.05) is 25.7 Å². The zero-order valence-corrected chi connectivity index (χ0v) is 15.6. The third-order valence-corrected chi connectivity index (χ3v) is 5.93. The van der Waals surface area contributed by atoms with Crippen LogP contribution < -0.4 is 5.32 Å². The number of benzene rings is 1. The molecule has 6 heteroatoms. The van der Waals surface area contributed by atoms with E-state index in [1.54, 1.807) is 12.1 Å². The van der Waals surface area contributed by atoms with Crippen LogP contribution in [0.25, 0.3) is 6.08 Å². The molecule has 1 atom stereocenters. The second-order valence-corrected chi connectivity index (χ2v) is 7.88. The molecule has 1 amide bonds. The van der Waals surface area contributed by atoms with Crippen molar-refractivity contribution in [3.63, 3.8) is 0 Å². The van der Waals surface area contributed by atoms with Gasteiger partial charge in [-0.05, 0) is 41.3 Å². The molecule has 3 rings (SSSR count). The van der Waals surface area contributed by atoms with Crippen molar-refractivity contribution in [2.45, 2.75) is 12.6 Å². The summed E-state index contributed by atoms with van der Waals surface area (Å²) < 4.78 is 0. The highest BCUT2D eigenvalue weighted by atomic mass is 35.5. The molecule has 0 unspecified atom stereocenters. The fourth-order valence-corrected chi connectivity index (χ4v) is 4.19. The SMILES string of the molecule is O=C(/C=C/c1ccccc1Cl)NCc1ccc([C@H](O)c2cccs2)s1. The molecule has 0 spiro atoms. The average molecular weight is 390 g/mol. The lowest BCUT2D eigenvalue weighted by Gasteiger charge is -2.05. The number of aliphatic hydroxyl groups is 1. The molecular formula is C19H16ClNO2S2. The minimum absolute atomic E-state index is 0.186. The smallest absolute Gasteiger partial charge is 0.244 e. The number of carbonyl (C=O) groups is 1. The van der Waals surface area contributed by atoms with Gasteiger partial charge in [-0.25, -0.2) is 0 Å². The Balaban J connectivity index is 1.55. The second kappa shape index (κ2) is 8.45. The molecule has 0 aliphatic heterocycles. The Morgan fingerprint density at radius 3 is 2.76 bits per heavy atom. The lowest BCUT2D eigenvalue weighted by molar-refractivity contribution is -0.116. The van der Waals surface area contributed by atoms with E-state index in [1.807, 2.05) is 47.8 Å². The van der Waals surface area contributed by atoms with Crippen LogP contribution in [0, 0.1) is 0 Å². The monoisotopic (exact) mass is 389 g/mol. The van der Waals surface area contributed by atoms with Crippen molar-refractivity contribution >= 4 is 46.3 Å². The quantitative estimate of drug-likeness (QED) is 0.590. The molecule has 2 N–H and O–H groups in total. The van der Waals surface area contributed by atoms with E-state index in [2.05, 4.69) is 5.32 Å². The number of amides is 1. The van der Waals surface area contributed by atoms with Crippen molar-refractivity contribution in [3.05, 3.63) is 85.2 Å². The molecule has 3 aromatic rings. The fraction of sp³-hybridized carbons (Fsp3) is 0.105. The number of hydrogen-bond donors (Lipinski definition) is 2. The second-order valence-electron chi connectivity index (χ2n) is 5.29. The van der Waals surface area contributed by atoms with Crippen LogP contribution in [0.2, 0.25) is 5.02 Å². The third-order valence-electron chi connectivity index (χ3n) is 3.52. The molecule has 0 aliphatic rings. The first kappa shape index (κ1) is 17.9. The van der Waals surface area contributed by atoms with Gasteiger partial charge in [-0.3, -0.25) is 4.79 Å². The van der Waals surface area contributed by atoms with Gasteiger partial charge >= 0.3 is 0 Å². The van der Waals surface area contributed by atoms with E-state index in [-0.39, 0.29) is 5.91 Å². The van der Waals surface area contributed by atoms with Crippen LogP contribution in [-0.4, -0.2) is 11.0 Å². The normalized spacial score (nSPS) is 12.4. The largest absolute Gasteiger partial charge is 0.382 e. The highest BCUT2D eigenvalue weighted by molar-refractivity contribution is 7.12. The van der Waals surface area contributed by atoms with Gasteiger partial charge in [0.15, 0.2) is 0 Å². The van der Waals surface area contributed by atoms with Crippen molar-refractivity contribution in [2.24, 2.45) is 0 Å². The molecule has 0 aliphatic carbocycles. The Morgan fingerprint density at radius 2 is 2.00 bits per heavy atom. The molecule has 0 fully saturated rings. The standard InChI is InChI=1S/C19H16ClNO2S2/c20-15-5-2-1-4-13(15)7-10-18(22)21-12-14-8-9-17(25-14)19(23)16-6-3-11-24-16/h1-11,19,23H,12H2,(H,21,22)/b10-7+/t19-/m1/s1. The summed E-state index contributed by atoms with van der Waals surface area (Å²) in [7, 11) is 0. The van der Waals surface area contributed by atoms with Crippen molar-refractivity contribution in [2.75, 3.05) is 0 Å². The van der Waals surface area contributed by atoms with Crippen LogP contribution >= 0.6 is 34.3 Å². The zero-order chi connectivity index (χ0) is 17.6. The van der Waals surface area contributed by atoms with Crippen molar-refractivity contribution in [1.29, 1.82) is 0 Å². The van der Waals surface area contributed by atoms with Gasteiger partial charge in [0.1, 0.15) is 6.10 Å². The maximum Gasteiger partial charge on any atom is 0.244 e. The Bertz CT molecular complexity index is 871. The number of carbonyl (C=O) groups excluding carboxylic acids is 1. The number of rotatable bonds is 6. The fourth-order valence-electron chi connectivity index (χ4n) is 2.23. The van der Waals surface area contributed by atoms with Crippen LogP contribution in [0.1, 0.15) is 26.3 Å². The summed E-state index contributed by atoms with van der Waals surface area (Å²) >= 11 is 9.07. The van der Waals surface area contributed by atoms with Gasteiger partial charge in [-0.2, -0.15) is 0 Å². The molecular weight excluding hydrogens is 374 g/mol. The predicted octanol–water partition coefficient (Wildman–Crippen LogP) is 4.87. The van der Waals surface area contributed by atoms with Gasteiger partial charge in [0.05, 0.1) is 6.54 Å². The van der Waals surface area contributed by atoms with Crippen LogP contribution in [0.3, 0.4) is 0 Å². The van der Waals surface area contributed by atoms with Crippen molar-refractivity contribution in [1.82, 2.24) is 5.32 Å². The summed E-state index contributed by atoms with van der Waals surface area (Å²) in [5.74, 6) is -0.186.